The highest BCUT2D eigenvalue weighted by Gasteiger charge is 2.27. The number of rotatable bonds is 6. The van der Waals surface area contributed by atoms with Crippen molar-refractivity contribution in [2.24, 2.45) is 0 Å². The second kappa shape index (κ2) is 10.7. The Bertz CT molecular complexity index is 1420. The molecule has 5 rings (SSSR count). The van der Waals surface area contributed by atoms with Crippen LogP contribution in [-0.4, -0.2) is 51.3 Å². The number of ether oxygens (including phenoxy) is 1. The summed E-state index contributed by atoms with van der Waals surface area (Å²) < 4.78 is 23.0. The van der Waals surface area contributed by atoms with E-state index in [-0.39, 0.29) is 18.5 Å². The number of morpholine rings is 1. The number of carbonyl (C=O) groups is 1. The molecule has 1 N–H and O–H groups in total. The molecule has 1 aliphatic rings. The second-order valence-electron chi connectivity index (χ2n) is 8.44. The number of amides is 1. The molecule has 186 valence electrons. The van der Waals surface area contributed by atoms with E-state index >= 15 is 4.39 Å². The third-order valence-electron chi connectivity index (χ3n) is 6.03. The van der Waals surface area contributed by atoms with Gasteiger partial charge in [-0.3, -0.25) is 0 Å². The van der Waals surface area contributed by atoms with Gasteiger partial charge in [-0.2, -0.15) is 0 Å². The summed E-state index contributed by atoms with van der Waals surface area (Å²) in [6.07, 6.45) is 0.788. The molecule has 1 aliphatic heterocycles. The molecule has 0 aliphatic carbocycles. The van der Waals surface area contributed by atoms with E-state index in [4.69, 9.17) is 32.9 Å². The largest absolute Gasteiger partial charge is 0.465 e. The first-order valence-electron chi connectivity index (χ1n) is 11.3. The van der Waals surface area contributed by atoms with Crippen LogP contribution in [0.3, 0.4) is 0 Å². The van der Waals surface area contributed by atoms with Gasteiger partial charge >= 0.3 is 6.09 Å². The number of nitrogens with zero attached hydrogens (tertiary/aromatic N) is 3. The lowest BCUT2D eigenvalue weighted by atomic mass is 10.0. The third-order valence-corrected chi connectivity index (χ3v) is 7.68. The molecule has 1 saturated heterocycles. The van der Waals surface area contributed by atoms with Crippen molar-refractivity contribution >= 4 is 46.7 Å². The molecular formula is C26H22Cl2FN3O3S. The molecule has 10 heteroatoms. The summed E-state index contributed by atoms with van der Waals surface area (Å²) >= 11 is 14.3. The monoisotopic (exact) mass is 545 g/mol. The highest BCUT2D eigenvalue weighted by molar-refractivity contribution is 7.98. The van der Waals surface area contributed by atoms with E-state index in [0.29, 0.717) is 57.2 Å². The van der Waals surface area contributed by atoms with E-state index in [1.807, 2.05) is 34.7 Å². The lowest BCUT2D eigenvalue weighted by Gasteiger charge is -2.31. The minimum absolute atomic E-state index is 0.229. The van der Waals surface area contributed by atoms with Crippen LogP contribution in [0.15, 0.2) is 65.7 Å². The van der Waals surface area contributed by atoms with Gasteiger partial charge in [-0.25, -0.2) is 14.2 Å². The molecule has 6 nitrogen and oxygen atoms in total. The quantitative estimate of drug-likeness (QED) is 0.274. The number of halogens is 3. The first-order valence-corrected chi connectivity index (χ1v) is 13.1. The number of thioether (sulfide) groups is 1. The summed E-state index contributed by atoms with van der Waals surface area (Å²) in [6, 6.07) is 16.3. The topological polar surface area (TPSA) is 67.1 Å². The van der Waals surface area contributed by atoms with E-state index < -0.39 is 6.09 Å². The van der Waals surface area contributed by atoms with Crippen molar-refractivity contribution in [3.63, 3.8) is 0 Å². The maximum absolute atomic E-state index is 15.2. The van der Waals surface area contributed by atoms with Crippen molar-refractivity contribution in [1.29, 1.82) is 0 Å². The molecule has 1 unspecified atom stereocenters. The molecule has 3 heterocycles. The molecule has 0 spiro atoms. The van der Waals surface area contributed by atoms with Crippen LogP contribution in [0, 0.1) is 5.82 Å². The number of imidazole rings is 1. The number of fused-ring (bicyclic) bond motifs is 1. The van der Waals surface area contributed by atoms with Gasteiger partial charge < -0.3 is 19.1 Å². The summed E-state index contributed by atoms with van der Waals surface area (Å²) in [5, 5.41) is 10.3. The zero-order valence-corrected chi connectivity index (χ0v) is 21.4. The van der Waals surface area contributed by atoms with Crippen LogP contribution in [0.5, 0.6) is 0 Å². The molecule has 2 aromatic heterocycles. The standard InChI is InChI=1S/C26H22Cl2FN3O3S/c27-17-6-7-32-22(11-18-14-31(26(33)34)8-9-35-18)25(30-24(32)10-17)19-12-21(29)23(13-20(19)28)36-15-16-4-2-1-3-5-16/h1-7,10,12-13,18H,8-9,11,14-15H2,(H,33,34). The van der Waals surface area contributed by atoms with Gasteiger partial charge in [-0.15, -0.1) is 11.8 Å². The van der Waals surface area contributed by atoms with Crippen LogP contribution in [0.1, 0.15) is 11.3 Å². The highest BCUT2D eigenvalue weighted by atomic mass is 35.5. The minimum Gasteiger partial charge on any atom is -0.465 e. The summed E-state index contributed by atoms with van der Waals surface area (Å²) in [4.78, 5) is 18.0. The maximum Gasteiger partial charge on any atom is 0.407 e. The smallest absolute Gasteiger partial charge is 0.407 e. The molecule has 1 amide bonds. The average Bonchev–Trinajstić information content (AvgIpc) is 3.21. The van der Waals surface area contributed by atoms with Gasteiger partial charge in [0.15, 0.2) is 0 Å². The fourth-order valence-electron chi connectivity index (χ4n) is 4.27. The van der Waals surface area contributed by atoms with Crippen molar-refractivity contribution in [1.82, 2.24) is 14.3 Å². The first-order chi connectivity index (χ1) is 17.4. The summed E-state index contributed by atoms with van der Waals surface area (Å²) in [5.41, 5.74) is 3.38. The van der Waals surface area contributed by atoms with Gasteiger partial charge in [-0.1, -0.05) is 53.5 Å². The molecule has 0 bridgehead atoms. The van der Waals surface area contributed by atoms with Gasteiger partial charge in [-0.05, 0) is 23.8 Å². The zero-order valence-electron chi connectivity index (χ0n) is 19.0. The fraction of sp³-hybridized carbons (Fsp3) is 0.231. The van der Waals surface area contributed by atoms with Crippen LogP contribution in [-0.2, 0) is 16.9 Å². The minimum atomic E-state index is -0.984. The molecule has 1 atom stereocenters. The van der Waals surface area contributed by atoms with Gasteiger partial charge in [0.1, 0.15) is 11.5 Å². The van der Waals surface area contributed by atoms with Crippen LogP contribution in [0.25, 0.3) is 16.9 Å². The SMILES string of the molecule is O=C(O)N1CCOC(Cc2c(-c3cc(F)c(SCc4ccccc4)cc3Cl)nc3cc(Cl)ccn23)C1. The maximum atomic E-state index is 15.2. The Labute approximate surface area is 221 Å². The van der Waals surface area contributed by atoms with Crippen molar-refractivity contribution < 1.29 is 19.0 Å². The number of pyridine rings is 1. The lowest BCUT2D eigenvalue weighted by Crippen LogP contribution is -2.45. The highest BCUT2D eigenvalue weighted by Crippen LogP contribution is 2.37. The predicted molar refractivity (Wildman–Crippen MR) is 140 cm³/mol. The first kappa shape index (κ1) is 24.9. The van der Waals surface area contributed by atoms with Gasteiger partial charge in [0, 0.05) is 46.5 Å². The number of hydrogen-bond donors (Lipinski definition) is 1. The predicted octanol–water partition coefficient (Wildman–Crippen LogP) is 6.66. The molecular weight excluding hydrogens is 524 g/mol. The van der Waals surface area contributed by atoms with Crippen molar-refractivity contribution in [2.45, 2.75) is 23.2 Å². The third kappa shape index (κ3) is 5.32. The van der Waals surface area contributed by atoms with Crippen molar-refractivity contribution in [2.75, 3.05) is 19.7 Å². The number of benzene rings is 2. The van der Waals surface area contributed by atoms with Crippen LogP contribution in [0.2, 0.25) is 10.0 Å². The van der Waals surface area contributed by atoms with E-state index in [9.17, 15) is 9.90 Å². The Morgan fingerprint density at radius 2 is 2.00 bits per heavy atom. The number of aromatic nitrogens is 2. The molecule has 2 aromatic carbocycles. The van der Waals surface area contributed by atoms with Gasteiger partial charge in [0.2, 0.25) is 0 Å². The van der Waals surface area contributed by atoms with Crippen molar-refractivity contribution in [3.8, 4) is 11.3 Å². The van der Waals surface area contributed by atoms with E-state index in [0.717, 1.165) is 11.3 Å². The molecule has 0 radical (unpaired) electrons. The summed E-state index contributed by atoms with van der Waals surface area (Å²) in [7, 11) is 0. The number of carboxylic acid groups (broad SMARTS) is 1. The Morgan fingerprint density at radius 3 is 2.78 bits per heavy atom. The average molecular weight is 546 g/mol. The Kier molecular flexibility index (Phi) is 7.39. The van der Waals surface area contributed by atoms with Crippen LogP contribution in [0.4, 0.5) is 9.18 Å². The van der Waals surface area contributed by atoms with E-state index in [2.05, 4.69) is 0 Å². The van der Waals surface area contributed by atoms with E-state index in [1.165, 1.54) is 22.7 Å². The summed E-state index contributed by atoms with van der Waals surface area (Å²) in [5.74, 6) is 0.229. The molecule has 36 heavy (non-hydrogen) atoms. The van der Waals surface area contributed by atoms with E-state index in [1.54, 1.807) is 24.4 Å². The van der Waals surface area contributed by atoms with Gasteiger partial charge in [0.05, 0.1) is 35.7 Å². The Morgan fingerprint density at radius 1 is 1.19 bits per heavy atom. The second-order valence-corrected chi connectivity index (χ2v) is 10.3. The molecule has 1 fully saturated rings. The summed E-state index contributed by atoms with van der Waals surface area (Å²) in [6.45, 7) is 0.852. The van der Waals surface area contributed by atoms with Crippen molar-refractivity contribution in [3.05, 3.63) is 87.9 Å². The zero-order chi connectivity index (χ0) is 25.2. The van der Waals surface area contributed by atoms with Crippen LogP contribution < -0.4 is 0 Å². The fourth-order valence-corrected chi connectivity index (χ4v) is 5.65. The Hall–Kier alpha value is -2.78. The van der Waals surface area contributed by atoms with Gasteiger partial charge in [0.25, 0.3) is 0 Å². The lowest BCUT2D eigenvalue weighted by molar-refractivity contribution is -0.0214. The molecule has 0 saturated carbocycles. The normalized spacial score (nSPS) is 16.0. The molecule has 4 aromatic rings. The Balaban J connectivity index is 1.49. The van der Waals surface area contributed by atoms with Crippen LogP contribution >= 0.6 is 35.0 Å². The number of hydrogen-bond acceptors (Lipinski definition) is 4.